The van der Waals surface area contributed by atoms with Crippen molar-refractivity contribution in [1.82, 2.24) is 5.32 Å². The quantitative estimate of drug-likeness (QED) is 0.741. The maximum atomic E-state index is 12.0. The number of sulfone groups is 1. The number of hydrogen-bond donors (Lipinski definition) is 2. The summed E-state index contributed by atoms with van der Waals surface area (Å²) in [5.41, 5.74) is 0. The minimum atomic E-state index is -3.47. The maximum Gasteiger partial charge on any atom is 0.241 e. The third-order valence-electron chi connectivity index (χ3n) is 3.77. The van der Waals surface area contributed by atoms with Crippen LogP contribution in [0.25, 0.3) is 0 Å². The molecule has 0 aromatic carbocycles. The van der Waals surface area contributed by atoms with E-state index in [1.54, 1.807) is 0 Å². The van der Waals surface area contributed by atoms with Gasteiger partial charge < -0.3 is 10.4 Å². The second-order valence-electron chi connectivity index (χ2n) is 5.57. The molecule has 1 aliphatic carbocycles. The van der Waals surface area contributed by atoms with E-state index in [-0.39, 0.29) is 6.04 Å². The van der Waals surface area contributed by atoms with Gasteiger partial charge in [-0.25, -0.2) is 8.42 Å². The Morgan fingerprint density at radius 1 is 1.22 bits per heavy atom. The molecule has 106 valence electrons. The molecule has 1 fully saturated rings. The van der Waals surface area contributed by atoms with Gasteiger partial charge in [0, 0.05) is 6.26 Å². The van der Waals surface area contributed by atoms with Gasteiger partial charge in [-0.15, -0.1) is 0 Å². The summed E-state index contributed by atoms with van der Waals surface area (Å²) in [5, 5.41) is 12.6. The van der Waals surface area contributed by atoms with E-state index in [2.05, 4.69) is 5.32 Å². The van der Waals surface area contributed by atoms with Crippen LogP contribution in [-0.4, -0.2) is 42.6 Å². The molecule has 0 heterocycles. The van der Waals surface area contributed by atoms with Gasteiger partial charge in [0.1, 0.15) is 4.75 Å². The van der Waals surface area contributed by atoms with Crippen LogP contribution in [0.1, 0.15) is 46.0 Å². The fourth-order valence-corrected chi connectivity index (χ4v) is 2.36. The Bertz CT molecular complexity index is 402. The van der Waals surface area contributed by atoms with E-state index >= 15 is 0 Å². The summed E-state index contributed by atoms with van der Waals surface area (Å²) in [6, 6.07) is -0.332. The number of amides is 1. The zero-order valence-electron chi connectivity index (χ0n) is 11.3. The van der Waals surface area contributed by atoms with Crippen molar-refractivity contribution in [3.63, 3.8) is 0 Å². The lowest BCUT2D eigenvalue weighted by Crippen LogP contribution is -2.53. The second-order valence-corrected chi connectivity index (χ2v) is 8.13. The molecule has 1 aliphatic rings. The van der Waals surface area contributed by atoms with Crippen molar-refractivity contribution >= 4 is 15.7 Å². The first-order valence-electron chi connectivity index (χ1n) is 6.35. The van der Waals surface area contributed by atoms with Crippen molar-refractivity contribution in [1.29, 1.82) is 0 Å². The van der Waals surface area contributed by atoms with Crippen molar-refractivity contribution in [3.05, 3.63) is 0 Å². The molecule has 2 N–H and O–H groups in total. The summed E-state index contributed by atoms with van der Waals surface area (Å²) >= 11 is 0. The van der Waals surface area contributed by atoms with Crippen LogP contribution in [0.5, 0.6) is 0 Å². The number of carbonyl (C=O) groups excluding carboxylic acids is 1. The molecule has 0 aliphatic heterocycles. The van der Waals surface area contributed by atoms with Gasteiger partial charge >= 0.3 is 0 Å². The monoisotopic (exact) mass is 277 g/mol. The lowest BCUT2D eigenvalue weighted by molar-refractivity contribution is -0.124. The molecule has 0 spiro atoms. The van der Waals surface area contributed by atoms with E-state index < -0.39 is 26.6 Å². The van der Waals surface area contributed by atoms with E-state index in [0.29, 0.717) is 12.8 Å². The molecular formula is C12H23NO4S. The summed E-state index contributed by atoms with van der Waals surface area (Å²) < 4.78 is 21.7. The minimum absolute atomic E-state index is 0.332. The highest BCUT2D eigenvalue weighted by Crippen LogP contribution is 2.20. The molecule has 0 bridgehead atoms. The number of nitrogens with one attached hydrogen (secondary N) is 1. The van der Waals surface area contributed by atoms with Gasteiger partial charge in [0.25, 0.3) is 0 Å². The molecule has 0 saturated heterocycles. The van der Waals surface area contributed by atoms with Gasteiger partial charge in [-0.05, 0) is 26.7 Å². The van der Waals surface area contributed by atoms with E-state index in [1.807, 2.05) is 0 Å². The fraction of sp³-hybridized carbons (Fsp3) is 0.917. The first-order chi connectivity index (χ1) is 8.16. The molecule has 5 nitrogen and oxygen atoms in total. The highest BCUT2D eigenvalue weighted by atomic mass is 32.2. The minimum Gasteiger partial charge on any atom is -0.391 e. The molecule has 6 heteroatoms. The molecule has 18 heavy (non-hydrogen) atoms. The Labute approximate surface area is 109 Å². The van der Waals surface area contributed by atoms with E-state index in [9.17, 15) is 18.3 Å². The molecular weight excluding hydrogens is 254 g/mol. The second kappa shape index (κ2) is 5.57. The van der Waals surface area contributed by atoms with Gasteiger partial charge in [-0.2, -0.15) is 0 Å². The molecule has 1 rings (SSSR count). The first-order valence-corrected chi connectivity index (χ1v) is 8.24. The Balaban J connectivity index is 2.75. The van der Waals surface area contributed by atoms with Crippen LogP contribution in [0.3, 0.4) is 0 Å². The molecule has 2 atom stereocenters. The average Bonchev–Trinajstić information content (AvgIpc) is 2.42. The predicted molar refractivity (Wildman–Crippen MR) is 69.9 cm³/mol. The number of aliphatic hydroxyl groups excluding tert-OH is 1. The van der Waals surface area contributed by atoms with E-state index in [4.69, 9.17) is 0 Å². The van der Waals surface area contributed by atoms with Crippen molar-refractivity contribution in [2.45, 2.75) is 62.8 Å². The van der Waals surface area contributed by atoms with Gasteiger partial charge in [-0.1, -0.05) is 19.3 Å². The Morgan fingerprint density at radius 2 is 1.78 bits per heavy atom. The number of hydrogen-bond acceptors (Lipinski definition) is 4. The summed E-state index contributed by atoms with van der Waals surface area (Å²) in [7, 11) is -3.47. The van der Waals surface area contributed by atoms with Crippen LogP contribution in [0.4, 0.5) is 0 Å². The standard InChI is InChI=1S/C12H23NO4S/c1-12(2,18(3,16)17)11(15)13-9-7-5-4-6-8-10(9)14/h9-10,14H,4-8H2,1-3H3,(H,13,15). The molecule has 0 aromatic heterocycles. The average molecular weight is 277 g/mol. The van der Waals surface area contributed by atoms with Gasteiger partial charge in [0.15, 0.2) is 9.84 Å². The van der Waals surface area contributed by atoms with Gasteiger partial charge in [0.05, 0.1) is 12.1 Å². The smallest absolute Gasteiger partial charge is 0.241 e. The van der Waals surface area contributed by atoms with Gasteiger partial charge in [-0.3, -0.25) is 4.79 Å². The number of aliphatic hydroxyl groups is 1. The Hall–Kier alpha value is -0.620. The highest BCUT2D eigenvalue weighted by Gasteiger charge is 2.40. The van der Waals surface area contributed by atoms with E-state index in [1.165, 1.54) is 13.8 Å². The van der Waals surface area contributed by atoms with Crippen molar-refractivity contribution < 1.29 is 18.3 Å². The van der Waals surface area contributed by atoms with Crippen molar-refractivity contribution in [2.75, 3.05) is 6.26 Å². The maximum absolute atomic E-state index is 12.0. The van der Waals surface area contributed by atoms with Crippen molar-refractivity contribution in [2.24, 2.45) is 0 Å². The molecule has 0 radical (unpaired) electrons. The zero-order chi connectivity index (χ0) is 14.0. The van der Waals surface area contributed by atoms with Crippen LogP contribution >= 0.6 is 0 Å². The molecule has 1 amide bonds. The van der Waals surface area contributed by atoms with Crippen LogP contribution in [0, 0.1) is 0 Å². The zero-order valence-corrected chi connectivity index (χ0v) is 12.1. The number of rotatable bonds is 3. The SMILES string of the molecule is CC(C)(C(=O)NC1CCCCCC1O)S(C)(=O)=O. The largest absolute Gasteiger partial charge is 0.391 e. The third kappa shape index (κ3) is 3.45. The highest BCUT2D eigenvalue weighted by molar-refractivity contribution is 7.92. The molecule has 2 unspecified atom stereocenters. The number of carbonyl (C=O) groups is 1. The fourth-order valence-electron chi connectivity index (χ4n) is 1.97. The summed E-state index contributed by atoms with van der Waals surface area (Å²) in [5.74, 6) is -0.532. The van der Waals surface area contributed by atoms with Crippen LogP contribution < -0.4 is 5.32 Å². The molecule has 0 aromatic rings. The lowest BCUT2D eigenvalue weighted by atomic mass is 10.0. The first kappa shape index (κ1) is 15.4. The molecule has 1 saturated carbocycles. The Kier molecular flexibility index (Phi) is 4.78. The van der Waals surface area contributed by atoms with E-state index in [0.717, 1.165) is 25.5 Å². The summed E-state index contributed by atoms with van der Waals surface area (Å²) in [6.45, 7) is 2.78. The summed E-state index contributed by atoms with van der Waals surface area (Å²) in [6.07, 6.45) is 4.77. The van der Waals surface area contributed by atoms with Crippen LogP contribution in [0.15, 0.2) is 0 Å². The lowest BCUT2D eigenvalue weighted by Gasteiger charge is -2.27. The summed E-state index contributed by atoms with van der Waals surface area (Å²) in [4.78, 5) is 12.0. The predicted octanol–water partition coefficient (Wildman–Crippen LogP) is 0.619. The Morgan fingerprint density at radius 3 is 2.33 bits per heavy atom. The van der Waals surface area contributed by atoms with Crippen LogP contribution in [0.2, 0.25) is 0 Å². The third-order valence-corrected chi connectivity index (χ3v) is 5.81. The normalized spacial score (nSPS) is 26.4. The van der Waals surface area contributed by atoms with Crippen LogP contribution in [-0.2, 0) is 14.6 Å². The van der Waals surface area contributed by atoms with Crippen molar-refractivity contribution in [3.8, 4) is 0 Å². The van der Waals surface area contributed by atoms with Gasteiger partial charge in [0.2, 0.25) is 5.91 Å². The topological polar surface area (TPSA) is 83.5 Å².